The van der Waals surface area contributed by atoms with Gasteiger partial charge < -0.3 is 30.3 Å². The van der Waals surface area contributed by atoms with Gasteiger partial charge in [0.15, 0.2) is 0 Å². The van der Waals surface area contributed by atoms with Gasteiger partial charge in [-0.15, -0.1) is 0 Å². The van der Waals surface area contributed by atoms with Crippen LogP contribution in [0.15, 0.2) is 24.3 Å². The van der Waals surface area contributed by atoms with Crippen LogP contribution < -0.4 is 20.9 Å². The quantitative estimate of drug-likeness (QED) is 0.136. The molecule has 0 unspecified atom stereocenters. The lowest BCUT2D eigenvalue weighted by molar-refractivity contribution is -0.0366. The molecule has 0 atom stereocenters. The first-order valence-electron chi connectivity index (χ1n) is 19.6. The molecule has 8 rings (SSSR count). The number of rotatable bonds is 7. The van der Waals surface area contributed by atoms with Crippen molar-refractivity contribution in [3.05, 3.63) is 52.2 Å². The molecule has 0 bridgehead atoms. The van der Waals surface area contributed by atoms with Gasteiger partial charge in [-0.05, 0) is 65.5 Å². The van der Waals surface area contributed by atoms with Crippen molar-refractivity contribution in [3.63, 3.8) is 0 Å². The highest BCUT2D eigenvalue weighted by atomic mass is 35.5. The molecule has 0 spiro atoms. The van der Waals surface area contributed by atoms with Gasteiger partial charge >= 0.3 is 0 Å². The highest BCUT2D eigenvalue weighted by Gasteiger charge is 2.36. The van der Waals surface area contributed by atoms with Crippen molar-refractivity contribution < 1.29 is 27.0 Å². The summed E-state index contributed by atoms with van der Waals surface area (Å²) in [6.45, 7) is 14.3. The Labute approximate surface area is 335 Å². The molecule has 19 heteroatoms. The normalized spacial score (nSPS) is 19.8. The molecule has 2 aliphatic heterocycles. The fraction of sp³-hybridized carbons (Fsp3) is 0.632. The predicted molar refractivity (Wildman–Crippen MR) is 211 cm³/mol. The molecule has 4 aromatic rings. The highest BCUT2D eigenvalue weighted by molar-refractivity contribution is 6.29. The monoisotopic (exact) mass is 820 g/mol. The molecule has 57 heavy (non-hydrogen) atoms. The van der Waals surface area contributed by atoms with E-state index in [1.54, 1.807) is 15.4 Å². The van der Waals surface area contributed by atoms with Gasteiger partial charge in [-0.3, -0.25) is 0 Å². The second kappa shape index (κ2) is 19.1. The minimum atomic E-state index is -2.55. The molecule has 4 aromatic heterocycles. The maximum atomic E-state index is 13.5. The summed E-state index contributed by atoms with van der Waals surface area (Å²) >= 11 is 6.07. The third-order valence-electron chi connectivity index (χ3n) is 10.1. The first-order chi connectivity index (χ1) is 27.2. The number of halogens is 5. The van der Waals surface area contributed by atoms with Crippen LogP contribution in [0.2, 0.25) is 5.15 Å². The molecule has 2 saturated heterocycles. The molecule has 0 aromatic carbocycles. The lowest BCUT2D eigenvalue weighted by atomic mass is 9.92. The molecule has 4 aliphatic rings. The maximum Gasteiger partial charge on any atom is 0.254 e. The van der Waals surface area contributed by atoms with Crippen LogP contribution in [0.1, 0.15) is 74.1 Å². The molecule has 2 saturated carbocycles. The van der Waals surface area contributed by atoms with Crippen molar-refractivity contribution in [3.8, 4) is 11.9 Å². The van der Waals surface area contributed by atoms with E-state index in [0.717, 1.165) is 68.0 Å². The number of aromatic nitrogens is 8. The van der Waals surface area contributed by atoms with Crippen LogP contribution in [0.4, 0.5) is 35.0 Å². The van der Waals surface area contributed by atoms with Gasteiger partial charge in [0.2, 0.25) is 11.8 Å². The number of morpholine rings is 2. The zero-order valence-corrected chi connectivity index (χ0v) is 33.8. The Bertz CT molecular complexity index is 1890. The van der Waals surface area contributed by atoms with E-state index in [1.807, 2.05) is 45.9 Å². The number of alkyl halides is 4. The summed E-state index contributed by atoms with van der Waals surface area (Å²) in [6, 6.07) is 7.34. The summed E-state index contributed by atoms with van der Waals surface area (Å²) in [5, 5.41) is 18.8. The minimum absolute atomic E-state index is 0.0135. The Balaban J connectivity index is 0.000000170. The van der Waals surface area contributed by atoms with Crippen LogP contribution in [0.3, 0.4) is 0 Å². The third kappa shape index (κ3) is 12.4. The van der Waals surface area contributed by atoms with Crippen molar-refractivity contribution in [2.75, 3.05) is 68.1 Å². The number of nitrogens with one attached hydrogen (secondary N) is 3. The molecule has 0 amide bonds. The number of aryl methyl sites for hydroxylation is 4. The van der Waals surface area contributed by atoms with Crippen LogP contribution >= 0.6 is 11.6 Å². The summed E-state index contributed by atoms with van der Waals surface area (Å²) in [4.78, 5) is 20.1. The maximum absolute atomic E-state index is 13.5. The van der Waals surface area contributed by atoms with Crippen molar-refractivity contribution in [1.29, 1.82) is 0 Å². The highest BCUT2D eigenvalue weighted by Crippen LogP contribution is 2.35. The average Bonchev–Trinajstić information content (AvgIpc) is 3.72. The number of hydrogen-bond donors (Lipinski definition) is 3. The molecule has 0 radical (unpaired) electrons. The van der Waals surface area contributed by atoms with Crippen molar-refractivity contribution in [2.45, 2.75) is 103 Å². The number of nitrogens with zero attached hydrogens (tertiary/aromatic N) is 9. The Kier molecular flexibility index (Phi) is 14.2. The lowest BCUT2D eigenvalue weighted by Crippen LogP contribution is -2.37. The molecule has 4 fully saturated rings. The zero-order valence-electron chi connectivity index (χ0n) is 33.0. The molecular weight excluding hydrogens is 768 g/mol. The molecule has 3 N–H and O–H groups in total. The minimum Gasteiger partial charge on any atom is -0.379 e. The van der Waals surface area contributed by atoms with Crippen LogP contribution in [-0.2, 0) is 9.47 Å². The Morgan fingerprint density at radius 3 is 1.53 bits per heavy atom. The van der Waals surface area contributed by atoms with E-state index >= 15 is 0 Å². The molecule has 14 nitrogen and oxygen atoms in total. The molecule has 6 heterocycles. The van der Waals surface area contributed by atoms with E-state index in [-0.39, 0.29) is 42.9 Å². The van der Waals surface area contributed by atoms with E-state index in [0.29, 0.717) is 62.4 Å². The summed E-state index contributed by atoms with van der Waals surface area (Å²) in [5.74, 6) is -2.26. The summed E-state index contributed by atoms with van der Waals surface area (Å²) < 4.78 is 67.2. The van der Waals surface area contributed by atoms with E-state index < -0.39 is 11.8 Å². The third-order valence-corrected chi connectivity index (χ3v) is 10.3. The molecule has 312 valence electrons. The molecule has 2 aliphatic carbocycles. The van der Waals surface area contributed by atoms with Gasteiger partial charge in [0, 0.05) is 87.5 Å². The standard InChI is InChI=1S/C19H26F2N6O.C15H18ClF2N5.C4H9NO/c1-13-11-14(2)27(25-13)18-23-16(22-15-3-5-19(20,21)6-4-15)12-17(24-18)26-7-9-28-10-8-26;1-9-7-10(2)23(22-9)14-20-12(16)8-13(21-14)19-11-3-5-15(17,18)6-4-11;1-3-6-4-2-5-1/h11-12,15H,3-10H2,1-2H3,(H,22,23,24);7-8,11H,3-6H2,1-2H3,(H,19,20,21);5H,1-4H2. The van der Waals surface area contributed by atoms with Gasteiger partial charge in [0.25, 0.3) is 11.9 Å². The van der Waals surface area contributed by atoms with Gasteiger partial charge in [-0.25, -0.2) is 26.9 Å². The molecular formula is C38H53ClF4N12O2. The second-order valence-corrected chi connectivity index (χ2v) is 15.4. The first-order valence-corrected chi connectivity index (χ1v) is 20.0. The Hall–Kier alpha value is -4.13. The van der Waals surface area contributed by atoms with Gasteiger partial charge in [0.1, 0.15) is 22.6 Å². The van der Waals surface area contributed by atoms with E-state index in [2.05, 4.69) is 46.0 Å². The van der Waals surface area contributed by atoms with Gasteiger partial charge in [0.05, 0.1) is 37.8 Å². The predicted octanol–water partition coefficient (Wildman–Crippen LogP) is 6.63. The smallest absolute Gasteiger partial charge is 0.254 e. The summed E-state index contributed by atoms with van der Waals surface area (Å²) in [7, 11) is 0. The van der Waals surface area contributed by atoms with Crippen LogP contribution in [-0.4, -0.2) is 116 Å². The average molecular weight is 821 g/mol. The summed E-state index contributed by atoms with van der Waals surface area (Å²) in [5.41, 5.74) is 3.59. The van der Waals surface area contributed by atoms with E-state index in [1.165, 1.54) is 0 Å². The van der Waals surface area contributed by atoms with Crippen LogP contribution in [0.25, 0.3) is 11.9 Å². The van der Waals surface area contributed by atoms with Crippen molar-refractivity contribution >= 4 is 29.1 Å². The van der Waals surface area contributed by atoms with Crippen LogP contribution in [0, 0.1) is 27.7 Å². The van der Waals surface area contributed by atoms with Gasteiger partial charge in [-0.1, -0.05) is 11.6 Å². The first kappa shape index (κ1) is 42.5. The SMILES string of the molecule is C1COCCN1.Cc1cc(C)n(-c2nc(Cl)cc(NC3CCC(F)(F)CC3)n2)n1.Cc1cc(C)n(-c2nc(NC3CCC(F)(F)CC3)cc(N3CCOCC3)n2)n1. The van der Waals surface area contributed by atoms with Gasteiger partial charge in [-0.2, -0.15) is 30.1 Å². The fourth-order valence-electron chi connectivity index (χ4n) is 7.09. The number of anilines is 3. The van der Waals surface area contributed by atoms with E-state index in [4.69, 9.17) is 26.1 Å². The van der Waals surface area contributed by atoms with Crippen LogP contribution in [0.5, 0.6) is 0 Å². The van der Waals surface area contributed by atoms with Crippen molar-refractivity contribution in [1.82, 2.24) is 44.8 Å². The largest absolute Gasteiger partial charge is 0.379 e. The number of hydrogen-bond acceptors (Lipinski definition) is 12. The van der Waals surface area contributed by atoms with Crippen molar-refractivity contribution in [2.24, 2.45) is 0 Å². The van der Waals surface area contributed by atoms with E-state index in [9.17, 15) is 17.6 Å². The Morgan fingerprint density at radius 1 is 0.649 bits per heavy atom. The number of ether oxygens (including phenoxy) is 2. The summed E-state index contributed by atoms with van der Waals surface area (Å²) in [6.07, 6.45) is 1.29. The lowest BCUT2D eigenvalue weighted by Gasteiger charge is -2.30. The second-order valence-electron chi connectivity index (χ2n) is 15.0. The Morgan fingerprint density at radius 2 is 1.11 bits per heavy atom. The topological polar surface area (TPSA) is 145 Å². The zero-order chi connectivity index (χ0) is 40.6. The fourth-order valence-corrected chi connectivity index (χ4v) is 7.26.